The van der Waals surface area contributed by atoms with Crippen molar-refractivity contribution in [3.63, 3.8) is 0 Å². The first-order valence-corrected chi connectivity index (χ1v) is 9.60. The quantitative estimate of drug-likeness (QED) is 0.521. The van der Waals surface area contributed by atoms with E-state index in [0.29, 0.717) is 17.7 Å². The van der Waals surface area contributed by atoms with Crippen molar-refractivity contribution in [2.75, 3.05) is 7.11 Å². The van der Waals surface area contributed by atoms with E-state index < -0.39 is 5.23 Å². The number of hydrogen-bond donors (Lipinski definition) is 2. The van der Waals surface area contributed by atoms with Gasteiger partial charge in [-0.05, 0) is 63.3 Å². The predicted octanol–water partition coefficient (Wildman–Crippen LogP) is 2.94. The highest BCUT2D eigenvalue weighted by molar-refractivity contribution is 5.56. The lowest BCUT2D eigenvalue weighted by molar-refractivity contribution is -0.991. The fourth-order valence-corrected chi connectivity index (χ4v) is 3.69. The monoisotopic (exact) mass is 401 g/mol. The number of quaternary nitrogens is 1. The lowest BCUT2D eigenvalue weighted by atomic mass is 9.94. The number of rotatable bonds is 8. The van der Waals surface area contributed by atoms with Crippen molar-refractivity contribution in [3.8, 4) is 5.95 Å². The standard InChI is InChI=1S/C22H27NO6/c1-14(12-16-7-9-17(10-8-16)23(25)26)21-22(3,29-21)11-5-6-18-15(2)28-20(27-4)13-19(18)24/h7-10,12-13,21,23,25H,5-6,11H2,1-4H3/b14-12+/t21-,22-/m1/s1. The van der Waals surface area contributed by atoms with Gasteiger partial charge in [0.25, 0.3) is 5.95 Å². The first kappa shape index (κ1) is 21.3. The molecule has 1 aliphatic heterocycles. The predicted molar refractivity (Wildman–Crippen MR) is 108 cm³/mol. The van der Waals surface area contributed by atoms with Crippen LogP contribution >= 0.6 is 0 Å². The maximum absolute atomic E-state index is 12.2. The highest BCUT2D eigenvalue weighted by Gasteiger charge is 2.52. The summed E-state index contributed by atoms with van der Waals surface area (Å²) in [6, 6.07) is 8.15. The number of ether oxygens (including phenoxy) is 2. The third kappa shape index (κ3) is 4.94. The summed E-state index contributed by atoms with van der Waals surface area (Å²) in [5.74, 6) is 0.819. The molecule has 0 amide bonds. The summed E-state index contributed by atoms with van der Waals surface area (Å²) in [5.41, 5.74) is 2.67. The number of benzene rings is 1. The van der Waals surface area contributed by atoms with E-state index in [2.05, 4.69) is 6.92 Å². The number of nitrogens with one attached hydrogen (secondary N) is 1. The fourth-order valence-electron chi connectivity index (χ4n) is 3.69. The van der Waals surface area contributed by atoms with E-state index in [9.17, 15) is 10.0 Å². The maximum Gasteiger partial charge on any atom is 0.288 e. The van der Waals surface area contributed by atoms with Crippen molar-refractivity contribution >= 4 is 11.8 Å². The van der Waals surface area contributed by atoms with Gasteiger partial charge in [-0.3, -0.25) is 4.79 Å². The number of epoxide rings is 1. The third-order valence-electron chi connectivity index (χ3n) is 5.38. The molecule has 7 nitrogen and oxygen atoms in total. The molecule has 29 heavy (non-hydrogen) atoms. The van der Waals surface area contributed by atoms with Gasteiger partial charge in [0.2, 0.25) is 0 Å². The van der Waals surface area contributed by atoms with Crippen LogP contribution in [0.2, 0.25) is 0 Å². The van der Waals surface area contributed by atoms with E-state index in [1.165, 1.54) is 13.2 Å². The Hall–Kier alpha value is -2.45. The molecule has 1 aliphatic rings. The lowest BCUT2D eigenvalue weighted by Crippen LogP contribution is -2.99. The van der Waals surface area contributed by atoms with Gasteiger partial charge in [-0.15, -0.1) is 0 Å². The van der Waals surface area contributed by atoms with Crippen LogP contribution in [0.1, 0.15) is 43.6 Å². The van der Waals surface area contributed by atoms with E-state index in [0.717, 1.165) is 24.0 Å². The molecule has 0 spiro atoms. The van der Waals surface area contributed by atoms with E-state index in [1.54, 1.807) is 31.2 Å². The van der Waals surface area contributed by atoms with Crippen LogP contribution < -0.4 is 15.4 Å². The molecule has 0 saturated carbocycles. The summed E-state index contributed by atoms with van der Waals surface area (Å²) in [6.45, 7) is 5.87. The summed E-state index contributed by atoms with van der Waals surface area (Å²) >= 11 is 0. The molecular formula is C22H27NO6. The zero-order valence-electron chi connectivity index (χ0n) is 17.2. The lowest BCUT2D eigenvalue weighted by Gasteiger charge is -2.11. The molecular weight excluding hydrogens is 374 g/mol. The molecule has 0 radical (unpaired) electrons. The molecule has 1 aromatic heterocycles. The van der Waals surface area contributed by atoms with Crippen LogP contribution in [-0.4, -0.2) is 24.0 Å². The molecule has 0 bridgehead atoms. The van der Waals surface area contributed by atoms with E-state index >= 15 is 0 Å². The zero-order valence-corrected chi connectivity index (χ0v) is 17.2. The number of methoxy groups -OCH3 is 1. The number of hydrogen-bond acceptors (Lipinski definition) is 6. The van der Waals surface area contributed by atoms with Crippen LogP contribution in [0.5, 0.6) is 5.95 Å². The van der Waals surface area contributed by atoms with Crippen LogP contribution in [0.4, 0.5) is 5.69 Å². The molecule has 1 aromatic carbocycles. The number of aryl methyl sites for hydroxylation is 1. The molecule has 1 unspecified atom stereocenters. The average Bonchev–Trinajstić information content (AvgIpc) is 3.36. The molecule has 3 rings (SSSR count). The van der Waals surface area contributed by atoms with Gasteiger partial charge in [-0.1, -0.05) is 6.08 Å². The van der Waals surface area contributed by atoms with Gasteiger partial charge in [-0.2, -0.15) is 5.23 Å². The Kier molecular flexibility index (Phi) is 6.24. The molecule has 3 atom stereocenters. The van der Waals surface area contributed by atoms with E-state index in [1.807, 2.05) is 13.0 Å². The Morgan fingerprint density at radius 1 is 1.38 bits per heavy atom. The highest BCUT2D eigenvalue weighted by Crippen LogP contribution is 2.45. The van der Waals surface area contributed by atoms with Gasteiger partial charge in [0.05, 0.1) is 18.8 Å². The highest BCUT2D eigenvalue weighted by atomic mass is 16.8. The minimum absolute atomic E-state index is 0.0232. The van der Waals surface area contributed by atoms with Gasteiger partial charge < -0.3 is 19.1 Å². The molecule has 2 aromatic rings. The van der Waals surface area contributed by atoms with Crippen LogP contribution in [0, 0.1) is 12.1 Å². The normalized spacial score (nSPS) is 22.4. The molecule has 1 fully saturated rings. The summed E-state index contributed by atoms with van der Waals surface area (Å²) in [4.78, 5) is 12.2. The van der Waals surface area contributed by atoms with Crippen molar-refractivity contribution in [2.24, 2.45) is 0 Å². The SMILES string of the molecule is COc1cc(=O)c(CCC[C@@]2(C)O[C@@H]2/C(C)=C/c2ccc([NH+]([O-])O)cc2)c(C)o1. The Labute approximate surface area is 169 Å². The molecule has 2 heterocycles. The van der Waals surface area contributed by atoms with Gasteiger partial charge >= 0.3 is 0 Å². The second-order valence-corrected chi connectivity index (χ2v) is 7.65. The van der Waals surface area contributed by atoms with Crippen molar-refractivity contribution in [1.29, 1.82) is 0 Å². The topological polar surface area (TPSA) is 99.7 Å². The van der Waals surface area contributed by atoms with Crippen LogP contribution in [0.15, 0.2) is 45.1 Å². The van der Waals surface area contributed by atoms with E-state index in [-0.39, 0.29) is 28.8 Å². The largest absolute Gasteiger partial charge is 0.595 e. The van der Waals surface area contributed by atoms with Gasteiger partial charge in [-0.25, -0.2) is 5.21 Å². The van der Waals surface area contributed by atoms with E-state index in [4.69, 9.17) is 19.1 Å². The average molecular weight is 401 g/mol. The van der Waals surface area contributed by atoms with Gasteiger partial charge in [0.15, 0.2) is 11.1 Å². The van der Waals surface area contributed by atoms with Crippen molar-refractivity contribution < 1.29 is 24.3 Å². The molecule has 0 aliphatic carbocycles. The van der Waals surface area contributed by atoms with Gasteiger partial charge in [0.1, 0.15) is 11.9 Å². The minimum Gasteiger partial charge on any atom is -0.595 e. The molecule has 2 N–H and O–H groups in total. The maximum atomic E-state index is 12.2. The van der Waals surface area contributed by atoms with Gasteiger partial charge in [0, 0.05) is 17.7 Å². The molecule has 156 valence electrons. The second-order valence-electron chi connectivity index (χ2n) is 7.65. The third-order valence-corrected chi connectivity index (χ3v) is 5.38. The summed E-state index contributed by atoms with van der Waals surface area (Å²) in [6.07, 6.45) is 4.31. The second kappa shape index (κ2) is 8.51. The van der Waals surface area contributed by atoms with Crippen LogP contribution in [0.3, 0.4) is 0 Å². The fraction of sp³-hybridized carbons (Fsp3) is 0.409. The Bertz CT molecular complexity index is 947. The van der Waals surface area contributed by atoms with Crippen LogP contribution in [-0.2, 0) is 11.2 Å². The molecule has 1 saturated heterocycles. The Morgan fingerprint density at radius 3 is 2.66 bits per heavy atom. The van der Waals surface area contributed by atoms with Crippen molar-refractivity contribution in [3.05, 3.63) is 68.2 Å². The summed E-state index contributed by atoms with van der Waals surface area (Å²) in [7, 11) is 1.47. The van der Waals surface area contributed by atoms with Crippen LogP contribution in [0.25, 0.3) is 6.08 Å². The van der Waals surface area contributed by atoms with Crippen molar-refractivity contribution in [1.82, 2.24) is 0 Å². The molecule has 7 heteroatoms. The first-order valence-electron chi connectivity index (χ1n) is 9.60. The van der Waals surface area contributed by atoms with Crippen molar-refractivity contribution in [2.45, 2.75) is 51.7 Å². The first-order chi connectivity index (χ1) is 13.7. The summed E-state index contributed by atoms with van der Waals surface area (Å²) in [5, 5.41) is 19.0. The minimum atomic E-state index is -0.934. The Morgan fingerprint density at radius 2 is 2.07 bits per heavy atom. The smallest absolute Gasteiger partial charge is 0.288 e. The zero-order chi connectivity index (χ0) is 21.2. The summed E-state index contributed by atoms with van der Waals surface area (Å²) < 4.78 is 16.4. The Balaban J connectivity index is 1.58.